The van der Waals surface area contributed by atoms with Gasteiger partial charge in [-0.1, -0.05) is 43.0 Å². The Kier molecular flexibility index (Phi) is 7.50. The van der Waals surface area contributed by atoms with Crippen LogP contribution in [-0.2, 0) is 11.2 Å². The second-order valence-corrected chi connectivity index (χ2v) is 9.38. The van der Waals surface area contributed by atoms with E-state index in [9.17, 15) is 4.79 Å². The third-order valence-electron chi connectivity index (χ3n) is 5.93. The van der Waals surface area contributed by atoms with E-state index in [0.717, 1.165) is 49.1 Å². The van der Waals surface area contributed by atoms with Crippen LogP contribution in [0.4, 0.5) is 17.2 Å². The first-order valence-corrected chi connectivity index (χ1v) is 12.4. The lowest BCUT2D eigenvalue weighted by atomic mass is 10.1. The fraction of sp³-hybridized carbons (Fsp3) is 0.346. The lowest BCUT2D eigenvalue weighted by Gasteiger charge is -2.37. The molecule has 1 aromatic heterocycles. The molecule has 172 valence electrons. The number of amides is 1. The van der Waals surface area contributed by atoms with Gasteiger partial charge in [0.2, 0.25) is 5.91 Å². The van der Waals surface area contributed by atoms with Crippen molar-refractivity contribution in [3.63, 3.8) is 0 Å². The van der Waals surface area contributed by atoms with Gasteiger partial charge in [-0.15, -0.1) is 10.2 Å². The zero-order valence-electron chi connectivity index (χ0n) is 19.5. The topological polar surface area (TPSA) is 61.4 Å². The highest BCUT2D eigenvalue weighted by Crippen LogP contribution is 2.24. The number of anilines is 3. The number of aromatic nitrogens is 2. The van der Waals surface area contributed by atoms with Crippen LogP contribution in [0.25, 0.3) is 0 Å². The van der Waals surface area contributed by atoms with Crippen molar-refractivity contribution in [3.8, 4) is 0 Å². The molecule has 0 bridgehead atoms. The molecule has 7 heteroatoms. The molecule has 1 aliphatic heterocycles. The van der Waals surface area contributed by atoms with Gasteiger partial charge in [-0.3, -0.25) is 4.79 Å². The minimum Gasteiger partial charge on any atom is -0.368 e. The summed E-state index contributed by atoms with van der Waals surface area (Å²) in [5.41, 5.74) is 6.01. The molecule has 0 aliphatic carbocycles. The van der Waals surface area contributed by atoms with Gasteiger partial charge < -0.3 is 15.1 Å². The maximum atomic E-state index is 12.3. The summed E-state index contributed by atoms with van der Waals surface area (Å²) in [6.07, 6.45) is 0.987. The first-order chi connectivity index (χ1) is 16.0. The molecule has 6 nitrogen and oxygen atoms in total. The molecule has 2 heterocycles. The van der Waals surface area contributed by atoms with Crippen LogP contribution >= 0.6 is 11.8 Å². The van der Waals surface area contributed by atoms with Crippen molar-refractivity contribution in [1.82, 2.24) is 10.2 Å². The van der Waals surface area contributed by atoms with Gasteiger partial charge in [0, 0.05) is 37.6 Å². The number of rotatable bonds is 7. The van der Waals surface area contributed by atoms with Crippen molar-refractivity contribution in [1.29, 1.82) is 0 Å². The lowest BCUT2D eigenvalue weighted by Crippen LogP contribution is -2.47. The summed E-state index contributed by atoms with van der Waals surface area (Å²) in [5.74, 6) is 1.15. The predicted molar refractivity (Wildman–Crippen MR) is 138 cm³/mol. The van der Waals surface area contributed by atoms with Crippen LogP contribution in [0.15, 0.2) is 59.6 Å². The smallest absolute Gasteiger partial charge is 0.234 e. The molecule has 33 heavy (non-hydrogen) atoms. The van der Waals surface area contributed by atoms with E-state index in [1.807, 2.05) is 36.4 Å². The molecule has 0 radical (unpaired) electrons. The minimum absolute atomic E-state index is 0.0438. The average molecular weight is 462 g/mol. The third-order valence-corrected chi connectivity index (χ3v) is 6.85. The number of nitrogens with one attached hydrogen (secondary N) is 1. The second kappa shape index (κ2) is 10.7. The number of carbonyl (C=O) groups is 1. The molecule has 1 N–H and O–H groups in total. The quantitative estimate of drug-likeness (QED) is 0.514. The summed E-state index contributed by atoms with van der Waals surface area (Å²) >= 11 is 1.40. The molecule has 1 saturated heterocycles. The summed E-state index contributed by atoms with van der Waals surface area (Å²) in [5, 5.41) is 12.4. The Morgan fingerprint density at radius 2 is 1.67 bits per heavy atom. The van der Waals surface area contributed by atoms with Crippen molar-refractivity contribution in [2.45, 2.75) is 32.2 Å². The van der Waals surface area contributed by atoms with Crippen molar-refractivity contribution >= 4 is 34.9 Å². The van der Waals surface area contributed by atoms with Gasteiger partial charge in [-0.05, 0) is 67.3 Å². The first kappa shape index (κ1) is 23.1. The number of aryl methyl sites for hydroxylation is 3. The Labute approximate surface area is 200 Å². The monoisotopic (exact) mass is 461 g/mol. The average Bonchev–Trinajstić information content (AvgIpc) is 2.85. The second-order valence-electron chi connectivity index (χ2n) is 8.38. The maximum absolute atomic E-state index is 12.3. The number of carbonyl (C=O) groups excluding carboxylic acids is 1. The summed E-state index contributed by atoms with van der Waals surface area (Å²) < 4.78 is 0. The van der Waals surface area contributed by atoms with Crippen LogP contribution in [0.3, 0.4) is 0 Å². The molecule has 1 amide bonds. The van der Waals surface area contributed by atoms with E-state index < -0.39 is 0 Å². The normalized spacial score (nSPS) is 13.8. The first-order valence-electron chi connectivity index (χ1n) is 11.4. The van der Waals surface area contributed by atoms with Crippen LogP contribution in [0.1, 0.15) is 23.6 Å². The molecule has 2 aromatic carbocycles. The van der Waals surface area contributed by atoms with Crippen molar-refractivity contribution in [2.24, 2.45) is 0 Å². The Bertz CT molecular complexity index is 1080. The minimum atomic E-state index is -0.0438. The molecule has 3 aromatic rings. The van der Waals surface area contributed by atoms with Crippen LogP contribution in [0, 0.1) is 13.8 Å². The van der Waals surface area contributed by atoms with Crippen molar-refractivity contribution < 1.29 is 4.79 Å². The highest BCUT2D eigenvalue weighted by molar-refractivity contribution is 7.99. The molecule has 0 saturated carbocycles. The van der Waals surface area contributed by atoms with Gasteiger partial charge in [0.05, 0.1) is 5.75 Å². The molecule has 1 aliphatic rings. The molecule has 1 fully saturated rings. The lowest BCUT2D eigenvalue weighted by molar-refractivity contribution is -0.113. The van der Waals surface area contributed by atoms with Gasteiger partial charge in [0.25, 0.3) is 0 Å². The molecule has 0 spiro atoms. The molecular formula is C26H31N5OS. The largest absolute Gasteiger partial charge is 0.368 e. The summed E-state index contributed by atoms with van der Waals surface area (Å²) in [6, 6.07) is 18.5. The Morgan fingerprint density at radius 3 is 2.33 bits per heavy atom. The van der Waals surface area contributed by atoms with Gasteiger partial charge in [-0.2, -0.15) is 0 Å². The van der Waals surface area contributed by atoms with Crippen LogP contribution in [-0.4, -0.2) is 48.0 Å². The van der Waals surface area contributed by atoms with Crippen LogP contribution in [0.2, 0.25) is 0 Å². The Balaban J connectivity index is 1.26. The summed E-state index contributed by atoms with van der Waals surface area (Å²) in [7, 11) is 0. The highest BCUT2D eigenvalue weighted by atomic mass is 32.2. The Hall–Kier alpha value is -3.06. The Morgan fingerprint density at radius 1 is 0.939 bits per heavy atom. The molecular weight excluding hydrogens is 430 g/mol. The predicted octanol–water partition coefficient (Wildman–Crippen LogP) is 4.71. The summed E-state index contributed by atoms with van der Waals surface area (Å²) in [4.78, 5) is 17.0. The van der Waals surface area contributed by atoms with Crippen molar-refractivity contribution in [2.75, 3.05) is 47.0 Å². The van der Waals surface area contributed by atoms with Gasteiger partial charge in [0.15, 0.2) is 5.82 Å². The molecule has 0 atom stereocenters. The SMILES string of the molecule is CCc1ccc(NC(=O)CSc2ccc(N3CCN(c4cc(C)ccc4C)CC3)nn2)cc1. The number of hydrogen-bond donors (Lipinski definition) is 1. The number of hydrogen-bond acceptors (Lipinski definition) is 6. The van der Waals surface area contributed by atoms with E-state index >= 15 is 0 Å². The third kappa shape index (κ3) is 6.05. The van der Waals surface area contributed by atoms with E-state index in [1.165, 1.54) is 34.1 Å². The van der Waals surface area contributed by atoms with E-state index in [4.69, 9.17) is 0 Å². The van der Waals surface area contributed by atoms with E-state index in [0.29, 0.717) is 5.75 Å². The molecule has 4 rings (SSSR count). The van der Waals surface area contributed by atoms with E-state index in [-0.39, 0.29) is 5.91 Å². The fourth-order valence-corrected chi connectivity index (χ4v) is 4.57. The number of thioether (sulfide) groups is 1. The van der Waals surface area contributed by atoms with E-state index in [2.05, 4.69) is 64.3 Å². The maximum Gasteiger partial charge on any atom is 0.234 e. The van der Waals surface area contributed by atoms with Crippen LogP contribution in [0.5, 0.6) is 0 Å². The standard InChI is InChI=1S/C26H31N5OS/c1-4-21-7-9-22(10-8-21)27-25(32)18-33-26-12-11-24(28-29-26)31-15-13-30(14-16-31)23-17-19(2)5-6-20(23)3/h5-12,17H,4,13-16,18H2,1-3H3,(H,27,32). The van der Waals surface area contributed by atoms with Gasteiger partial charge in [-0.25, -0.2) is 0 Å². The highest BCUT2D eigenvalue weighted by Gasteiger charge is 2.20. The zero-order valence-corrected chi connectivity index (χ0v) is 20.4. The molecule has 0 unspecified atom stereocenters. The van der Waals surface area contributed by atoms with Crippen molar-refractivity contribution in [3.05, 3.63) is 71.3 Å². The number of benzene rings is 2. The zero-order chi connectivity index (χ0) is 23.2. The van der Waals surface area contributed by atoms with Gasteiger partial charge in [0.1, 0.15) is 5.03 Å². The summed E-state index contributed by atoms with van der Waals surface area (Å²) in [6.45, 7) is 10.2. The van der Waals surface area contributed by atoms with Gasteiger partial charge >= 0.3 is 0 Å². The number of nitrogens with zero attached hydrogens (tertiary/aromatic N) is 4. The number of piperazine rings is 1. The van der Waals surface area contributed by atoms with Crippen LogP contribution < -0.4 is 15.1 Å². The fourth-order valence-electron chi connectivity index (χ4n) is 3.96. The van der Waals surface area contributed by atoms with E-state index in [1.54, 1.807) is 0 Å².